The van der Waals surface area contributed by atoms with Crippen LogP contribution >= 0.6 is 0 Å². The van der Waals surface area contributed by atoms with Crippen molar-refractivity contribution in [3.8, 4) is 5.75 Å². The average Bonchev–Trinajstić information content (AvgIpc) is 1.88. The van der Waals surface area contributed by atoms with Gasteiger partial charge in [-0.05, 0) is 0 Å². The predicted molar refractivity (Wildman–Crippen MR) is 36.5 cm³/mol. The van der Waals surface area contributed by atoms with E-state index in [4.69, 9.17) is 3.66 Å². The third kappa shape index (κ3) is 3.28. The Morgan fingerprint density at radius 3 is 1.75 bits per heavy atom. The van der Waals surface area contributed by atoms with Crippen LogP contribution in [0.1, 0.15) is 11.1 Å². The van der Waals surface area contributed by atoms with Gasteiger partial charge in [-0.15, -0.1) is 0 Å². The van der Waals surface area contributed by atoms with Gasteiger partial charge < -0.3 is 24.8 Å². The molecule has 12 heavy (non-hydrogen) atoms. The fraction of sp³-hybridized carbons (Fsp3) is 0.250. The molecule has 0 spiro atoms. The summed E-state index contributed by atoms with van der Waals surface area (Å²) in [6.07, 6.45) is 0. The molecule has 1 aromatic carbocycles. The molecule has 0 saturated heterocycles. The summed E-state index contributed by atoms with van der Waals surface area (Å²) in [5, 5.41) is 0. The molecule has 0 aliphatic heterocycles. The van der Waals surface area contributed by atoms with Gasteiger partial charge >= 0.3 is 70.4 Å². The minimum atomic E-state index is 0. The van der Waals surface area contributed by atoms with Crippen molar-refractivity contribution in [2.75, 3.05) is 0 Å². The molecule has 4 heteroatoms. The maximum absolute atomic E-state index is 5.11. The first-order chi connectivity index (χ1) is 4.75. The zero-order chi connectivity index (χ0) is 7.56. The monoisotopic (exact) mass is 242 g/mol. The Labute approximate surface area is 95.0 Å². The molecule has 0 radical (unpaired) electrons. The summed E-state index contributed by atoms with van der Waals surface area (Å²) in [7, 11) is 0. The number of rotatable bonds is 1. The first-order valence-corrected chi connectivity index (χ1v) is 3.70. The maximum Gasteiger partial charge on any atom is -1.00 e. The number of aryl methyl sites for hydroxylation is 2. The van der Waals surface area contributed by atoms with Gasteiger partial charge in [0.2, 0.25) is 0 Å². The number of hydrogen-bond donors (Lipinski definition) is 0. The van der Waals surface area contributed by atoms with Crippen LogP contribution < -0.4 is 28.5 Å². The predicted octanol–water partition coefficient (Wildman–Crippen LogP) is -3.85. The smallest absolute Gasteiger partial charge is 1.00 e. The summed E-state index contributed by atoms with van der Waals surface area (Å²) in [5.74, 6) is 0.975. The van der Waals surface area contributed by atoms with Crippen molar-refractivity contribution >= 4 is 0 Å². The van der Waals surface area contributed by atoms with Crippen molar-refractivity contribution in [1.82, 2.24) is 0 Å². The summed E-state index contributed by atoms with van der Waals surface area (Å²) in [6, 6.07) is 6.10. The third-order valence-corrected chi connectivity index (χ3v) is 1.79. The average molecular weight is 243 g/mol. The molecule has 1 nitrogen and oxygen atoms in total. The minimum absolute atomic E-state index is 0. The molecule has 0 fully saturated rings. The van der Waals surface area contributed by atoms with E-state index in [1.165, 1.54) is 11.1 Å². The summed E-state index contributed by atoms with van der Waals surface area (Å²) in [4.78, 5) is 0. The Morgan fingerprint density at radius 1 is 1.08 bits per heavy atom. The van der Waals surface area contributed by atoms with Crippen molar-refractivity contribution in [3.63, 3.8) is 0 Å². The molecule has 0 atom stereocenters. The number of hydrogen-bond acceptors (Lipinski definition) is 1. The van der Waals surface area contributed by atoms with Crippen LogP contribution in [0, 0.1) is 13.8 Å². The molecule has 0 bridgehead atoms. The van der Waals surface area contributed by atoms with Crippen LogP contribution in [0.4, 0.5) is 0 Å². The van der Waals surface area contributed by atoms with E-state index in [0.717, 1.165) is 5.75 Å². The Bertz CT molecular complexity index is 220. The van der Waals surface area contributed by atoms with Gasteiger partial charge in [0.1, 0.15) is 0 Å². The standard InChI is InChI=1S/C8H10O.2ClH.V/c1-6-4-3-5-7(2)8(6)9;;;/h3-5,9H,1-2H3;2*1H;/q;;;+3/p-3. The van der Waals surface area contributed by atoms with Gasteiger partial charge in [-0.2, -0.15) is 0 Å². The summed E-state index contributed by atoms with van der Waals surface area (Å²) >= 11 is 2.12. The van der Waals surface area contributed by atoms with E-state index in [-0.39, 0.29) is 24.8 Å². The van der Waals surface area contributed by atoms with E-state index in [2.05, 4.69) is 17.8 Å². The number of halogens is 2. The molecule has 0 amide bonds. The van der Waals surface area contributed by atoms with Crippen LogP contribution in [-0.4, -0.2) is 0 Å². The maximum atomic E-state index is 5.11. The van der Waals surface area contributed by atoms with E-state index in [9.17, 15) is 0 Å². The second-order valence-corrected chi connectivity index (χ2v) is 2.60. The van der Waals surface area contributed by atoms with Crippen molar-refractivity contribution < 1.29 is 46.3 Å². The summed E-state index contributed by atoms with van der Waals surface area (Å²) < 4.78 is 5.11. The second-order valence-electron chi connectivity index (χ2n) is 2.31. The van der Waals surface area contributed by atoms with Crippen LogP contribution in [0.3, 0.4) is 0 Å². The quantitative estimate of drug-likeness (QED) is 0.491. The molecule has 0 aliphatic rings. The molecule has 0 heterocycles. The Kier molecular flexibility index (Phi) is 8.17. The third-order valence-electron chi connectivity index (χ3n) is 1.50. The molecular weight excluding hydrogens is 234 g/mol. The molecule has 0 saturated carbocycles. The van der Waals surface area contributed by atoms with E-state index in [1.807, 2.05) is 32.0 Å². The number of benzene rings is 1. The topological polar surface area (TPSA) is 9.23 Å². The van der Waals surface area contributed by atoms with Crippen LogP contribution in [0.2, 0.25) is 0 Å². The van der Waals surface area contributed by atoms with Crippen LogP contribution in [0.25, 0.3) is 0 Å². The second kappa shape index (κ2) is 6.67. The van der Waals surface area contributed by atoms with E-state index in [1.54, 1.807) is 0 Å². The van der Waals surface area contributed by atoms with Crippen LogP contribution in [-0.2, 0) is 17.8 Å². The van der Waals surface area contributed by atoms with Crippen molar-refractivity contribution in [2.24, 2.45) is 0 Å². The van der Waals surface area contributed by atoms with Crippen LogP contribution in [0.5, 0.6) is 5.75 Å². The van der Waals surface area contributed by atoms with Gasteiger partial charge in [0, 0.05) is 0 Å². The number of para-hydroxylation sites is 1. The van der Waals surface area contributed by atoms with E-state index >= 15 is 0 Å². The van der Waals surface area contributed by atoms with Gasteiger partial charge in [-0.3, -0.25) is 0 Å². The van der Waals surface area contributed by atoms with Gasteiger partial charge in [-0.1, -0.05) is 0 Å². The zero-order valence-electron chi connectivity index (χ0n) is 6.84. The van der Waals surface area contributed by atoms with E-state index in [0.29, 0.717) is 0 Å². The Hall–Kier alpha value is 0.184. The van der Waals surface area contributed by atoms with Crippen molar-refractivity contribution in [1.29, 1.82) is 0 Å². The zero-order valence-corrected chi connectivity index (χ0v) is 9.75. The molecule has 0 unspecified atom stereocenters. The van der Waals surface area contributed by atoms with Gasteiger partial charge in [0.05, 0.1) is 0 Å². The normalized spacial score (nSPS) is 7.75. The largest absolute Gasteiger partial charge is 1.00 e. The fourth-order valence-electron chi connectivity index (χ4n) is 0.943. The molecule has 66 valence electrons. The molecule has 0 aromatic heterocycles. The Morgan fingerprint density at radius 2 is 1.50 bits per heavy atom. The van der Waals surface area contributed by atoms with Gasteiger partial charge in [0.15, 0.2) is 0 Å². The molecular formula is C8H9Cl2OV. The van der Waals surface area contributed by atoms with Gasteiger partial charge in [-0.25, -0.2) is 0 Å². The molecule has 1 rings (SSSR count). The minimum Gasteiger partial charge on any atom is -1.00 e. The first-order valence-electron chi connectivity index (χ1n) is 3.13. The summed E-state index contributed by atoms with van der Waals surface area (Å²) in [6.45, 7) is 4.07. The van der Waals surface area contributed by atoms with E-state index < -0.39 is 0 Å². The fourth-order valence-corrected chi connectivity index (χ4v) is 1.39. The van der Waals surface area contributed by atoms with Crippen molar-refractivity contribution in [2.45, 2.75) is 13.8 Å². The van der Waals surface area contributed by atoms with Gasteiger partial charge in [0.25, 0.3) is 0 Å². The molecule has 0 aliphatic carbocycles. The summed E-state index contributed by atoms with van der Waals surface area (Å²) in [5.41, 5.74) is 2.36. The molecule has 1 aromatic rings. The SMILES string of the molecule is Cc1cccc(C)c1[O][V+2].[Cl-].[Cl-]. The van der Waals surface area contributed by atoms with Crippen molar-refractivity contribution in [3.05, 3.63) is 29.3 Å². The first kappa shape index (κ1) is 14.7. The Balaban J connectivity index is 0. The molecule has 0 N–H and O–H groups in total. The van der Waals surface area contributed by atoms with Crippen LogP contribution in [0.15, 0.2) is 18.2 Å².